The second-order valence-corrected chi connectivity index (χ2v) is 5.16. The number of thioether (sulfide) groups is 1. The van der Waals surface area contributed by atoms with Crippen LogP contribution in [0.5, 0.6) is 0 Å². The van der Waals surface area contributed by atoms with E-state index in [0.717, 1.165) is 0 Å². The van der Waals surface area contributed by atoms with Crippen molar-refractivity contribution in [1.82, 2.24) is 4.90 Å². The van der Waals surface area contributed by atoms with Crippen LogP contribution < -0.4 is 0 Å². The van der Waals surface area contributed by atoms with Gasteiger partial charge in [-0.2, -0.15) is 23.1 Å². The fourth-order valence-corrected chi connectivity index (χ4v) is 2.19. The second kappa shape index (κ2) is 5.41. The van der Waals surface area contributed by atoms with Gasteiger partial charge in [0, 0.05) is 13.6 Å². The van der Waals surface area contributed by atoms with Gasteiger partial charge in [0.25, 0.3) is 0 Å². The van der Waals surface area contributed by atoms with Gasteiger partial charge in [0.05, 0.1) is 5.25 Å². The highest BCUT2D eigenvalue weighted by atomic mass is 32.2. The van der Waals surface area contributed by atoms with Crippen molar-refractivity contribution in [3.8, 4) is 0 Å². The van der Waals surface area contributed by atoms with Gasteiger partial charge in [-0.1, -0.05) is 0 Å². The van der Waals surface area contributed by atoms with E-state index in [1.807, 2.05) is 25.6 Å². The number of carbonyl (C=O) groups is 1. The highest BCUT2D eigenvalue weighted by Crippen LogP contribution is 2.12. The molecule has 1 heterocycles. The summed E-state index contributed by atoms with van der Waals surface area (Å²) in [4.78, 5) is 13.5. The predicted molar refractivity (Wildman–Crippen MR) is 63.8 cm³/mol. The minimum Gasteiger partial charge on any atom is -0.340 e. The molecule has 0 bridgehead atoms. The van der Waals surface area contributed by atoms with Gasteiger partial charge in [-0.05, 0) is 35.6 Å². The van der Waals surface area contributed by atoms with Crippen molar-refractivity contribution < 1.29 is 4.79 Å². The fourth-order valence-electron chi connectivity index (χ4n) is 1.15. The average Bonchev–Trinajstić information content (AvgIpc) is 2.68. The van der Waals surface area contributed by atoms with E-state index in [-0.39, 0.29) is 11.2 Å². The molecule has 0 aromatic carbocycles. The van der Waals surface area contributed by atoms with Crippen molar-refractivity contribution in [2.75, 3.05) is 13.3 Å². The molecule has 78 valence electrons. The molecule has 1 unspecified atom stereocenters. The first-order valence-electron chi connectivity index (χ1n) is 4.44. The minimum absolute atomic E-state index is 0.0543. The quantitative estimate of drug-likeness (QED) is 0.790. The molecule has 2 nitrogen and oxygen atoms in total. The van der Waals surface area contributed by atoms with Gasteiger partial charge in [0.2, 0.25) is 5.91 Å². The third kappa shape index (κ3) is 3.03. The first-order chi connectivity index (χ1) is 6.65. The standard InChI is InChI=1S/C10H15NOS2/c1-8(13-3)10(12)11(2)6-9-4-5-14-7-9/h4-5,7-8H,6H2,1-3H3. The first kappa shape index (κ1) is 11.6. The normalized spacial score (nSPS) is 12.5. The van der Waals surface area contributed by atoms with Gasteiger partial charge in [-0.3, -0.25) is 4.79 Å². The van der Waals surface area contributed by atoms with E-state index in [1.165, 1.54) is 5.56 Å². The lowest BCUT2D eigenvalue weighted by Gasteiger charge is -2.19. The lowest BCUT2D eigenvalue weighted by atomic mass is 10.3. The number of thiophene rings is 1. The van der Waals surface area contributed by atoms with Crippen molar-refractivity contribution in [2.45, 2.75) is 18.7 Å². The number of rotatable bonds is 4. The topological polar surface area (TPSA) is 20.3 Å². The summed E-state index contributed by atoms with van der Waals surface area (Å²) >= 11 is 3.25. The van der Waals surface area contributed by atoms with E-state index < -0.39 is 0 Å². The molecule has 1 amide bonds. The summed E-state index contributed by atoms with van der Waals surface area (Å²) in [6.45, 7) is 2.66. The third-order valence-electron chi connectivity index (χ3n) is 2.08. The zero-order valence-corrected chi connectivity index (χ0v) is 10.3. The Morgan fingerprint density at radius 3 is 2.93 bits per heavy atom. The molecule has 0 aliphatic carbocycles. The van der Waals surface area contributed by atoms with Gasteiger partial charge in [-0.25, -0.2) is 0 Å². The Kier molecular flexibility index (Phi) is 4.48. The highest BCUT2D eigenvalue weighted by molar-refractivity contribution is 7.99. The summed E-state index contributed by atoms with van der Waals surface area (Å²) in [7, 11) is 1.85. The van der Waals surface area contributed by atoms with E-state index in [0.29, 0.717) is 6.54 Å². The molecule has 1 rings (SSSR count). The zero-order valence-electron chi connectivity index (χ0n) is 8.69. The van der Waals surface area contributed by atoms with Crippen molar-refractivity contribution in [1.29, 1.82) is 0 Å². The number of carbonyl (C=O) groups excluding carboxylic acids is 1. The molecule has 4 heteroatoms. The molecule has 1 aromatic rings. The highest BCUT2D eigenvalue weighted by Gasteiger charge is 2.16. The van der Waals surface area contributed by atoms with Crippen LogP contribution in [0.3, 0.4) is 0 Å². The maximum absolute atomic E-state index is 11.7. The SMILES string of the molecule is CSC(C)C(=O)N(C)Cc1ccsc1. The Labute approximate surface area is 93.3 Å². The summed E-state index contributed by atoms with van der Waals surface area (Å²) in [5.74, 6) is 0.198. The van der Waals surface area contributed by atoms with Crippen LogP contribution in [0.4, 0.5) is 0 Å². The van der Waals surface area contributed by atoms with Crippen LogP contribution in [-0.4, -0.2) is 29.4 Å². The Morgan fingerprint density at radius 1 is 1.71 bits per heavy atom. The van der Waals surface area contributed by atoms with E-state index >= 15 is 0 Å². The molecule has 0 saturated carbocycles. The Hall–Kier alpha value is -0.480. The maximum Gasteiger partial charge on any atom is 0.235 e. The van der Waals surface area contributed by atoms with Gasteiger partial charge < -0.3 is 4.90 Å². The van der Waals surface area contributed by atoms with Crippen molar-refractivity contribution in [3.63, 3.8) is 0 Å². The van der Waals surface area contributed by atoms with Crippen molar-refractivity contribution >= 4 is 29.0 Å². The molecule has 0 aliphatic rings. The molecule has 0 fully saturated rings. The summed E-state index contributed by atoms with van der Waals surface area (Å²) in [5, 5.41) is 4.16. The van der Waals surface area contributed by atoms with Gasteiger partial charge in [-0.15, -0.1) is 0 Å². The van der Waals surface area contributed by atoms with Gasteiger partial charge >= 0.3 is 0 Å². The number of hydrogen-bond donors (Lipinski definition) is 0. The summed E-state index contributed by atoms with van der Waals surface area (Å²) < 4.78 is 0. The number of nitrogens with zero attached hydrogens (tertiary/aromatic N) is 1. The Balaban J connectivity index is 2.50. The molecule has 1 aromatic heterocycles. The summed E-state index contributed by atoms with van der Waals surface area (Å²) in [5.41, 5.74) is 1.21. The van der Waals surface area contributed by atoms with Crippen LogP contribution in [0.2, 0.25) is 0 Å². The largest absolute Gasteiger partial charge is 0.340 e. The zero-order chi connectivity index (χ0) is 10.6. The summed E-state index contributed by atoms with van der Waals surface area (Å²) in [6, 6.07) is 2.05. The van der Waals surface area contributed by atoms with Gasteiger partial charge in [0.15, 0.2) is 0 Å². The third-order valence-corrected chi connectivity index (χ3v) is 3.72. The van der Waals surface area contributed by atoms with E-state index in [2.05, 4.69) is 11.4 Å². The van der Waals surface area contributed by atoms with Crippen molar-refractivity contribution in [2.24, 2.45) is 0 Å². The smallest absolute Gasteiger partial charge is 0.235 e. The molecule has 0 spiro atoms. The average molecular weight is 229 g/mol. The lowest BCUT2D eigenvalue weighted by Crippen LogP contribution is -2.32. The Morgan fingerprint density at radius 2 is 2.43 bits per heavy atom. The van der Waals surface area contributed by atoms with Crippen LogP contribution in [0.25, 0.3) is 0 Å². The first-order valence-corrected chi connectivity index (χ1v) is 6.67. The minimum atomic E-state index is 0.0543. The molecule has 1 atom stereocenters. The number of hydrogen-bond acceptors (Lipinski definition) is 3. The maximum atomic E-state index is 11.7. The summed E-state index contributed by atoms with van der Waals surface area (Å²) in [6.07, 6.45) is 1.96. The molecule has 0 aliphatic heterocycles. The molecule has 0 N–H and O–H groups in total. The number of amides is 1. The van der Waals surface area contributed by atoms with Crippen molar-refractivity contribution in [3.05, 3.63) is 22.4 Å². The van der Waals surface area contributed by atoms with E-state index in [9.17, 15) is 4.79 Å². The van der Waals surface area contributed by atoms with Crippen LogP contribution in [-0.2, 0) is 11.3 Å². The molecule has 0 radical (unpaired) electrons. The molecular weight excluding hydrogens is 214 g/mol. The Bertz CT molecular complexity index is 284. The van der Waals surface area contributed by atoms with Crippen LogP contribution in [0, 0.1) is 0 Å². The van der Waals surface area contributed by atoms with Gasteiger partial charge in [0.1, 0.15) is 0 Å². The molecule has 14 heavy (non-hydrogen) atoms. The lowest BCUT2D eigenvalue weighted by molar-refractivity contribution is -0.129. The van der Waals surface area contributed by atoms with Crippen LogP contribution >= 0.6 is 23.1 Å². The molecule has 0 saturated heterocycles. The van der Waals surface area contributed by atoms with Crippen LogP contribution in [0.1, 0.15) is 12.5 Å². The van der Waals surface area contributed by atoms with Crippen LogP contribution in [0.15, 0.2) is 16.8 Å². The monoisotopic (exact) mass is 229 g/mol. The second-order valence-electron chi connectivity index (χ2n) is 3.20. The predicted octanol–water partition coefficient (Wildman–Crippen LogP) is 2.46. The van der Waals surface area contributed by atoms with E-state index in [4.69, 9.17) is 0 Å². The van der Waals surface area contributed by atoms with E-state index in [1.54, 1.807) is 28.0 Å². The fraction of sp³-hybridized carbons (Fsp3) is 0.500. The molecular formula is C10H15NOS2.